The van der Waals surface area contributed by atoms with Gasteiger partial charge in [-0.15, -0.1) is 0 Å². The van der Waals surface area contributed by atoms with Crippen molar-refractivity contribution in [2.45, 2.75) is 64.4 Å². The minimum absolute atomic E-state index is 0.0133. The van der Waals surface area contributed by atoms with E-state index in [9.17, 15) is 14.4 Å². The van der Waals surface area contributed by atoms with E-state index >= 15 is 0 Å². The number of carbonyl (C=O) groups excluding carboxylic acids is 2. The molecule has 156 valence electrons. The number of rotatable bonds is 5. The van der Waals surface area contributed by atoms with Gasteiger partial charge < -0.3 is 14.6 Å². The van der Waals surface area contributed by atoms with Crippen molar-refractivity contribution < 1.29 is 33.5 Å². The topological polar surface area (TPSA) is 92.9 Å². The molecule has 0 aromatic heterocycles. The maximum atomic E-state index is 12.8. The molecule has 0 saturated carbocycles. The van der Waals surface area contributed by atoms with Gasteiger partial charge in [0.25, 0.3) is 0 Å². The van der Waals surface area contributed by atoms with Crippen LogP contribution in [0.15, 0.2) is 23.8 Å². The largest absolute Gasteiger partial charge is 0.481 e. The van der Waals surface area contributed by atoms with Gasteiger partial charge in [0.2, 0.25) is 17.6 Å². The van der Waals surface area contributed by atoms with Crippen molar-refractivity contribution in [3.8, 4) is 0 Å². The van der Waals surface area contributed by atoms with Crippen molar-refractivity contribution in [3.05, 3.63) is 23.8 Å². The fourth-order valence-electron chi connectivity index (χ4n) is 5.31. The number of hydrogen-bond acceptors (Lipinski definition) is 5. The lowest BCUT2D eigenvalue weighted by Crippen LogP contribution is -2.40. The van der Waals surface area contributed by atoms with Crippen LogP contribution in [0.5, 0.6) is 0 Å². The highest BCUT2D eigenvalue weighted by Crippen LogP contribution is 2.50. The molecule has 4 aliphatic heterocycles. The number of ketones is 1. The Morgan fingerprint density at radius 1 is 1.41 bits per heavy atom. The average Bonchev–Trinajstić information content (AvgIpc) is 3.25. The van der Waals surface area contributed by atoms with Crippen molar-refractivity contribution in [3.63, 3.8) is 0 Å². The van der Waals surface area contributed by atoms with Crippen LogP contribution in [0.4, 0.5) is 0 Å². The van der Waals surface area contributed by atoms with Crippen LogP contribution in [0.2, 0.25) is 0 Å². The first kappa shape index (κ1) is 20.0. The molecule has 1 fully saturated rings. The lowest BCUT2D eigenvalue weighted by atomic mass is 9.79. The van der Waals surface area contributed by atoms with Gasteiger partial charge in [0.05, 0.1) is 17.9 Å². The number of aliphatic carboxylic acids is 1. The minimum atomic E-state index is -1.02. The summed E-state index contributed by atoms with van der Waals surface area (Å²) in [5.41, 5.74) is 1.62. The molecule has 0 bridgehead atoms. The number of carbonyl (C=O) groups is 3. The van der Waals surface area contributed by atoms with Gasteiger partial charge in [-0.3, -0.25) is 9.59 Å². The quantitative estimate of drug-likeness (QED) is 0.559. The molecule has 6 atom stereocenters. The summed E-state index contributed by atoms with van der Waals surface area (Å²) in [7, 11) is 0. The average molecular weight is 402 g/mol. The van der Waals surface area contributed by atoms with Crippen molar-refractivity contribution in [2.75, 3.05) is 6.54 Å². The number of fused-ring (bicyclic) bond motifs is 2. The Bertz CT molecular complexity index is 855. The van der Waals surface area contributed by atoms with E-state index in [2.05, 4.69) is 11.5 Å². The maximum absolute atomic E-state index is 12.8. The van der Waals surface area contributed by atoms with Crippen molar-refractivity contribution in [2.24, 2.45) is 17.8 Å². The third-order valence-electron chi connectivity index (χ3n) is 6.72. The molecular weight excluding hydrogens is 374 g/mol. The fraction of sp³-hybridized carbons (Fsp3) is 0.636. The molecule has 0 amide bonds. The highest BCUT2D eigenvalue weighted by atomic mass is 16.7. The van der Waals surface area contributed by atoms with Gasteiger partial charge in [-0.1, -0.05) is 13.8 Å². The van der Waals surface area contributed by atoms with Gasteiger partial charge in [0, 0.05) is 30.4 Å². The number of nitrogens with zero attached hydrogens (tertiary/aromatic N) is 1. The molecule has 0 aromatic rings. The van der Waals surface area contributed by atoms with Gasteiger partial charge >= 0.3 is 11.9 Å². The first-order chi connectivity index (χ1) is 13.8. The molecule has 29 heavy (non-hydrogen) atoms. The summed E-state index contributed by atoms with van der Waals surface area (Å²) in [6, 6.07) is -0.428. The van der Waals surface area contributed by atoms with Crippen LogP contribution in [0, 0.1) is 17.8 Å². The number of allylic oxidation sites excluding steroid dienone is 1. The lowest BCUT2D eigenvalue weighted by Gasteiger charge is -2.27. The Hall–Kier alpha value is -2.28. The van der Waals surface area contributed by atoms with E-state index in [1.165, 1.54) is 0 Å². The van der Waals surface area contributed by atoms with Crippen molar-refractivity contribution in [1.82, 2.24) is 0 Å². The minimum Gasteiger partial charge on any atom is -0.481 e. The van der Waals surface area contributed by atoms with Crippen molar-refractivity contribution in [1.29, 1.82) is 0 Å². The molecule has 7 heteroatoms. The van der Waals surface area contributed by atoms with Crippen LogP contribution in [0.3, 0.4) is 0 Å². The maximum Gasteiger partial charge on any atom is 0.336 e. The summed E-state index contributed by atoms with van der Waals surface area (Å²) >= 11 is 0. The summed E-state index contributed by atoms with van der Waals surface area (Å²) in [6.07, 6.45) is 8.09. The lowest BCUT2D eigenvalue weighted by molar-refractivity contribution is -0.539. The molecule has 4 rings (SSSR count). The molecule has 7 nitrogen and oxygen atoms in total. The van der Waals surface area contributed by atoms with Crippen LogP contribution in [-0.4, -0.2) is 57.6 Å². The van der Waals surface area contributed by atoms with Crippen LogP contribution >= 0.6 is 0 Å². The molecular formula is C22H28NO6+. The van der Waals surface area contributed by atoms with Crippen LogP contribution < -0.4 is 0 Å². The summed E-state index contributed by atoms with van der Waals surface area (Å²) in [5.74, 6) is -3.08. The summed E-state index contributed by atoms with van der Waals surface area (Å²) in [4.78, 5) is 36.1. The van der Waals surface area contributed by atoms with E-state index < -0.39 is 23.7 Å². The summed E-state index contributed by atoms with van der Waals surface area (Å²) < 4.78 is 14.2. The highest BCUT2D eigenvalue weighted by molar-refractivity contribution is 5.99. The smallest absolute Gasteiger partial charge is 0.336 e. The predicted molar refractivity (Wildman–Crippen MR) is 103 cm³/mol. The second-order valence-electron chi connectivity index (χ2n) is 8.61. The molecule has 0 aliphatic carbocycles. The standard InChI is InChI=1S/C22H27NO6/c1-4-14-19-16-8-7-15(17(24)10-12(2)20(25)26)23(16)9-5-6-18(19)28-22(14)11-13(3)21(27)29-22/h7-8,11-12,14-15,18-19H,4-6,9-10H2,1-3H3/p+1. The van der Waals surface area contributed by atoms with Gasteiger partial charge in [-0.05, 0) is 31.9 Å². The number of hydrogen-bond donors (Lipinski definition) is 1. The zero-order valence-corrected chi connectivity index (χ0v) is 17.1. The molecule has 1 N–H and O–H groups in total. The summed E-state index contributed by atoms with van der Waals surface area (Å²) in [5, 5.41) is 9.15. The van der Waals surface area contributed by atoms with Crippen LogP contribution in [-0.2, 0) is 23.9 Å². The molecule has 1 saturated heterocycles. The first-order valence-corrected chi connectivity index (χ1v) is 10.4. The highest BCUT2D eigenvalue weighted by Gasteiger charge is 2.62. The second-order valence-corrected chi connectivity index (χ2v) is 8.61. The van der Waals surface area contributed by atoms with E-state index in [0.717, 1.165) is 31.5 Å². The number of ether oxygens (including phenoxy) is 2. The van der Waals surface area contributed by atoms with E-state index in [0.29, 0.717) is 5.57 Å². The zero-order valence-electron chi connectivity index (χ0n) is 17.1. The van der Waals surface area contributed by atoms with Gasteiger partial charge in [0.15, 0.2) is 5.71 Å². The Balaban J connectivity index is 1.66. The molecule has 0 radical (unpaired) electrons. The number of carboxylic acids is 1. The molecule has 1 spiro atoms. The SMILES string of the molecule is CCC1C2C3=[N+](CCCC2OC12C=C(C)C(=O)O2)C(C(=O)CC(C)C(=O)O)C=C3. The van der Waals surface area contributed by atoms with Crippen molar-refractivity contribution >= 4 is 23.4 Å². The van der Waals surface area contributed by atoms with E-state index in [1.807, 2.05) is 18.2 Å². The van der Waals surface area contributed by atoms with E-state index in [1.54, 1.807) is 13.8 Å². The van der Waals surface area contributed by atoms with Crippen LogP contribution in [0.1, 0.15) is 46.5 Å². The van der Waals surface area contributed by atoms with E-state index in [4.69, 9.17) is 14.6 Å². The van der Waals surface area contributed by atoms with Gasteiger partial charge in [-0.2, -0.15) is 0 Å². The van der Waals surface area contributed by atoms with Gasteiger partial charge in [-0.25, -0.2) is 9.37 Å². The van der Waals surface area contributed by atoms with Crippen LogP contribution in [0.25, 0.3) is 0 Å². The monoisotopic (exact) mass is 402 g/mol. The Morgan fingerprint density at radius 3 is 2.79 bits per heavy atom. The third kappa shape index (κ3) is 3.16. The Labute approximate surface area is 170 Å². The zero-order chi connectivity index (χ0) is 20.9. The normalized spacial score (nSPS) is 36.5. The van der Waals surface area contributed by atoms with E-state index in [-0.39, 0.29) is 36.1 Å². The first-order valence-electron chi connectivity index (χ1n) is 10.4. The number of esters is 1. The number of carboxylic acid groups (broad SMARTS) is 1. The molecule has 0 aromatic carbocycles. The Kier molecular flexibility index (Phi) is 4.97. The van der Waals surface area contributed by atoms with Gasteiger partial charge in [0.1, 0.15) is 6.54 Å². The predicted octanol–water partition coefficient (Wildman–Crippen LogP) is 2.09. The summed E-state index contributed by atoms with van der Waals surface area (Å²) in [6.45, 7) is 6.11. The molecule has 4 heterocycles. The second kappa shape index (κ2) is 7.20. The number of Topliss-reactive ketones (excluding diaryl/α,β-unsaturated/α-hetero) is 1. The molecule has 4 aliphatic rings. The Morgan fingerprint density at radius 2 is 2.17 bits per heavy atom. The fourth-order valence-corrected chi connectivity index (χ4v) is 5.31. The molecule has 6 unspecified atom stereocenters. The third-order valence-corrected chi connectivity index (χ3v) is 6.72.